The van der Waals surface area contributed by atoms with E-state index in [1.807, 2.05) is 6.92 Å². The molecule has 4 N–H and O–H groups in total. The molecule has 2 atom stereocenters. The summed E-state index contributed by atoms with van der Waals surface area (Å²) in [6.45, 7) is 2.95. The molecule has 0 spiro atoms. The van der Waals surface area contributed by atoms with Gasteiger partial charge >= 0.3 is 0 Å². The molecule has 1 aromatic heterocycles. The average molecular weight is 252 g/mol. The van der Waals surface area contributed by atoms with E-state index in [2.05, 4.69) is 20.6 Å². The molecule has 1 aliphatic heterocycles. The second-order valence-corrected chi connectivity index (χ2v) is 4.65. The molecule has 6 nitrogen and oxygen atoms in total. The maximum absolute atomic E-state index is 11.9. The number of carbonyl (C=O) groups excluding carboxylic acids is 1. The van der Waals surface area contributed by atoms with E-state index in [4.69, 9.17) is 0 Å². The molecule has 2 heterocycles. The number of amides is 1. The van der Waals surface area contributed by atoms with Crippen LogP contribution < -0.4 is 10.6 Å². The zero-order chi connectivity index (χ0) is 13.0. The first-order valence-corrected chi connectivity index (χ1v) is 6.41. The molecule has 1 aromatic rings. The van der Waals surface area contributed by atoms with Crippen molar-refractivity contribution in [3.05, 3.63) is 17.7 Å². The van der Waals surface area contributed by atoms with E-state index in [-0.39, 0.29) is 11.9 Å². The third-order valence-corrected chi connectivity index (χ3v) is 3.18. The summed E-state index contributed by atoms with van der Waals surface area (Å²) >= 11 is 0. The van der Waals surface area contributed by atoms with Crippen molar-refractivity contribution in [1.29, 1.82) is 0 Å². The van der Waals surface area contributed by atoms with E-state index in [0.29, 0.717) is 25.9 Å². The lowest BCUT2D eigenvalue weighted by Crippen LogP contribution is -2.49. The monoisotopic (exact) mass is 252 g/mol. The van der Waals surface area contributed by atoms with Crippen LogP contribution in [-0.2, 0) is 17.8 Å². The second kappa shape index (κ2) is 5.97. The van der Waals surface area contributed by atoms with Gasteiger partial charge < -0.3 is 15.4 Å². The normalized spacial score (nSPS) is 20.2. The molecule has 0 aromatic carbocycles. The highest BCUT2D eigenvalue weighted by atomic mass is 16.3. The Kier molecular flexibility index (Phi) is 4.33. The average Bonchev–Trinajstić information content (AvgIpc) is 2.83. The summed E-state index contributed by atoms with van der Waals surface area (Å²) in [5.74, 6) is -0.0706. The van der Waals surface area contributed by atoms with Gasteiger partial charge in [-0.05, 0) is 6.42 Å². The smallest absolute Gasteiger partial charge is 0.237 e. The molecule has 100 valence electrons. The van der Waals surface area contributed by atoms with E-state index in [1.54, 1.807) is 6.33 Å². The molecule has 0 saturated carbocycles. The summed E-state index contributed by atoms with van der Waals surface area (Å²) in [6.07, 6.45) is 3.41. The van der Waals surface area contributed by atoms with Crippen molar-refractivity contribution in [2.45, 2.75) is 44.9 Å². The largest absolute Gasteiger partial charge is 0.391 e. The maximum atomic E-state index is 11.9. The van der Waals surface area contributed by atoms with Gasteiger partial charge in [-0.3, -0.25) is 10.1 Å². The number of nitrogens with one attached hydrogen (secondary N) is 3. The van der Waals surface area contributed by atoms with Crippen molar-refractivity contribution >= 4 is 5.91 Å². The summed E-state index contributed by atoms with van der Waals surface area (Å²) in [4.78, 5) is 19.1. The number of hydrogen-bond acceptors (Lipinski definition) is 4. The Morgan fingerprint density at radius 3 is 3.33 bits per heavy atom. The molecule has 18 heavy (non-hydrogen) atoms. The number of carbonyl (C=O) groups is 1. The second-order valence-electron chi connectivity index (χ2n) is 4.65. The number of hydrogen-bond donors (Lipinski definition) is 4. The fourth-order valence-electron chi connectivity index (χ4n) is 2.13. The van der Waals surface area contributed by atoms with Gasteiger partial charge in [0.05, 0.1) is 29.9 Å². The molecule has 0 radical (unpaired) electrons. The molecule has 0 saturated heterocycles. The Labute approximate surface area is 106 Å². The first-order valence-electron chi connectivity index (χ1n) is 6.41. The van der Waals surface area contributed by atoms with Gasteiger partial charge in [-0.25, -0.2) is 4.98 Å². The van der Waals surface area contributed by atoms with Crippen LogP contribution in [0.15, 0.2) is 6.33 Å². The minimum absolute atomic E-state index is 0.0706. The zero-order valence-electron chi connectivity index (χ0n) is 10.6. The topological polar surface area (TPSA) is 90.0 Å². The summed E-state index contributed by atoms with van der Waals surface area (Å²) < 4.78 is 0. The number of nitrogens with zero attached hydrogens (tertiary/aromatic N) is 1. The summed E-state index contributed by atoms with van der Waals surface area (Å²) in [6, 6.07) is -0.255. The van der Waals surface area contributed by atoms with Crippen LogP contribution >= 0.6 is 0 Å². The van der Waals surface area contributed by atoms with Crippen molar-refractivity contribution in [3.63, 3.8) is 0 Å². The Hall–Kier alpha value is -1.40. The van der Waals surface area contributed by atoms with Crippen molar-refractivity contribution < 1.29 is 9.90 Å². The highest BCUT2D eigenvalue weighted by molar-refractivity contribution is 5.82. The molecular weight excluding hydrogens is 232 g/mol. The van der Waals surface area contributed by atoms with Crippen LogP contribution in [0.4, 0.5) is 0 Å². The standard InChI is InChI=1S/C12H20N4O2/c1-2-3-8(17)5-14-12(18)10-4-9-11(6-13-10)16-7-15-9/h7-8,10,13,17H,2-6H2,1H3,(H,14,18)(H,15,16). The lowest BCUT2D eigenvalue weighted by atomic mass is 10.0. The lowest BCUT2D eigenvalue weighted by Gasteiger charge is -2.22. The summed E-state index contributed by atoms with van der Waals surface area (Å²) in [5.41, 5.74) is 1.99. The van der Waals surface area contributed by atoms with E-state index in [9.17, 15) is 9.90 Å². The first-order chi connectivity index (χ1) is 8.70. The van der Waals surface area contributed by atoms with Crippen molar-refractivity contribution in [2.75, 3.05) is 6.54 Å². The minimum Gasteiger partial charge on any atom is -0.391 e. The van der Waals surface area contributed by atoms with Crippen LogP contribution in [-0.4, -0.2) is 39.7 Å². The van der Waals surface area contributed by atoms with Crippen LogP contribution in [0, 0.1) is 0 Å². The van der Waals surface area contributed by atoms with E-state index in [1.165, 1.54) is 0 Å². The van der Waals surface area contributed by atoms with Crippen molar-refractivity contribution in [3.8, 4) is 0 Å². The lowest BCUT2D eigenvalue weighted by molar-refractivity contribution is -0.123. The highest BCUT2D eigenvalue weighted by Crippen LogP contribution is 2.12. The van der Waals surface area contributed by atoms with Crippen molar-refractivity contribution in [1.82, 2.24) is 20.6 Å². The van der Waals surface area contributed by atoms with Crippen molar-refractivity contribution in [2.24, 2.45) is 0 Å². The Morgan fingerprint density at radius 2 is 2.56 bits per heavy atom. The SMILES string of the molecule is CCCC(O)CNC(=O)C1Cc2nc[nH]c2CN1. The molecule has 2 rings (SSSR count). The molecule has 0 aliphatic carbocycles. The van der Waals surface area contributed by atoms with Crippen LogP contribution in [0.5, 0.6) is 0 Å². The van der Waals surface area contributed by atoms with Gasteiger partial charge in [0.2, 0.25) is 5.91 Å². The van der Waals surface area contributed by atoms with Gasteiger partial charge in [-0.2, -0.15) is 0 Å². The van der Waals surface area contributed by atoms with Crippen LogP contribution in [0.2, 0.25) is 0 Å². The van der Waals surface area contributed by atoms with E-state index in [0.717, 1.165) is 17.8 Å². The fourth-order valence-corrected chi connectivity index (χ4v) is 2.13. The number of aliphatic hydroxyl groups is 1. The third-order valence-electron chi connectivity index (χ3n) is 3.18. The molecule has 0 fully saturated rings. The number of imidazole rings is 1. The van der Waals surface area contributed by atoms with Gasteiger partial charge in [0, 0.05) is 19.5 Å². The van der Waals surface area contributed by atoms with Gasteiger partial charge in [-0.1, -0.05) is 13.3 Å². The van der Waals surface area contributed by atoms with E-state index < -0.39 is 6.10 Å². The molecular formula is C12H20N4O2. The van der Waals surface area contributed by atoms with Crippen LogP contribution in [0.25, 0.3) is 0 Å². The Bertz CT molecular complexity index is 405. The third kappa shape index (κ3) is 3.08. The Morgan fingerprint density at radius 1 is 1.72 bits per heavy atom. The number of rotatable bonds is 5. The quantitative estimate of drug-likeness (QED) is 0.579. The molecule has 1 amide bonds. The van der Waals surface area contributed by atoms with Crippen LogP contribution in [0.3, 0.4) is 0 Å². The van der Waals surface area contributed by atoms with Gasteiger partial charge in [0.25, 0.3) is 0 Å². The van der Waals surface area contributed by atoms with Gasteiger partial charge in [-0.15, -0.1) is 0 Å². The highest BCUT2D eigenvalue weighted by Gasteiger charge is 2.25. The van der Waals surface area contributed by atoms with E-state index >= 15 is 0 Å². The number of H-pyrrole nitrogens is 1. The molecule has 6 heteroatoms. The predicted molar refractivity (Wildman–Crippen MR) is 66.8 cm³/mol. The molecule has 1 aliphatic rings. The van der Waals surface area contributed by atoms with Crippen LogP contribution in [0.1, 0.15) is 31.2 Å². The number of aliphatic hydroxyl groups excluding tert-OH is 1. The number of aromatic amines is 1. The first kappa shape index (κ1) is 13.0. The van der Waals surface area contributed by atoms with Gasteiger partial charge in [0.1, 0.15) is 0 Å². The minimum atomic E-state index is -0.455. The summed E-state index contributed by atoms with van der Waals surface area (Å²) in [5, 5.41) is 15.5. The predicted octanol–water partition coefficient (Wildman–Crippen LogP) is -0.299. The molecule has 2 unspecified atom stereocenters. The number of aromatic nitrogens is 2. The zero-order valence-corrected chi connectivity index (χ0v) is 10.6. The molecule has 0 bridgehead atoms. The number of fused-ring (bicyclic) bond motifs is 1. The summed E-state index contributed by atoms with van der Waals surface area (Å²) in [7, 11) is 0. The Balaban J connectivity index is 1.80. The maximum Gasteiger partial charge on any atom is 0.237 e. The van der Waals surface area contributed by atoms with Gasteiger partial charge in [0.15, 0.2) is 0 Å². The fraction of sp³-hybridized carbons (Fsp3) is 0.667.